The highest BCUT2D eigenvalue weighted by Crippen LogP contribution is 2.10. The maximum absolute atomic E-state index is 5.30. The topological polar surface area (TPSA) is 51.0 Å². The average molecular weight is 259 g/mol. The van der Waals surface area contributed by atoms with Crippen LogP contribution in [0.1, 0.15) is 36.2 Å². The highest BCUT2D eigenvalue weighted by Gasteiger charge is 2.11. The summed E-state index contributed by atoms with van der Waals surface area (Å²) in [5, 5.41) is 7.29. The van der Waals surface area contributed by atoms with Crippen LogP contribution in [0.4, 0.5) is 0 Å². The molecule has 0 amide bonds. The van der Waals surface area contributed by atoms with Gasteiger partial charge in [-0.05, 0) is 26.0 Å². The van der Waals surface area contributed by atoms with Crippen LogP contribution >= 0.6 is 0 Å². The van der Waals surface area contributed by atoms with Gasteiger partial charge in [0.25, 0.3) is 0 Å². The molecule has 1 aromatic heterocycles. The zero-order chi connectivity index (χ0) is 13.7. The first kappa shape index (κ1) is 13.7. The molecule has 0 aliphatic carbocycles. The first-order valence-electron chi connectivity index (χ1n) is 6.75. The number of aryl methyl sites for hydroxylation is 1. The summed E-state index contributed by atoms with van der Waals surface area (Å²) in [6.07, 6.45) is 2.56. The number of hydrogen-bond acceptors (Lipinski definition) is 4. The van der Waals surface area contributed by atoms with E-state index in [9.17, 15) is 0 Å². The van der Waals surface area contributed by atoms with E-state index < -0.39 is 0 Å². The quantitative estimate of drug-likeness (QED) is 0.866. The molecular weight excluding hydrogens is 238 g/mol. The zero-order valence-electron chi connectivity index (χ0n) is 11.8. The van der Waals surface area contributed by atoms with Crippen molar-refractivity contribution in [1.29, 1.82) is 0 Å². The first-order chi connectivity index (χ1) is 9.21. The molecule has 0 saturated carbocycles. The molecule has 1 atom stereocenters. The maximum Gasteiger partial charge on any atom is 0.228 e. The number of likely N-dealkylation sites (N-methyl/N-ethyl adjacent to an activating group) is 1. The zero-order valence-corrected chi connectivity index (χ0v) is 11.8. The molecule has 0 saturated heterocycles. The standard InChI is InChI=1S/C15H21N3O/c1-4-13(16-3)10-15-17-14(18-19-15)9-12-7-5-6-11(2)8-12/h5-8,13,16H,4,9-10H2,1-3H3. The Morgan fingerprint density at radius 1 is 1.37 bits per heavy atom. The lowest BCUT2D eigenvalue weighted by Gasteiger charge is -2.09. The van der Waals surface area contributed by atoms with Crippen LogP contribution in [0.15, 0.2) is 28.8 Å². The van der Waals surface area contributed by atoms with Gasteiger partial charge in [0.2, 0.25) is 5.89 Å². The third-order valence-corrected chi connectivity index (χ3v) is 3.28. The Bertz CT molecular complexity index is 518. The minimum Gasteiger partial charge on any atom is -0.339 e. The molecule has 102 valence electrons. The Balaban J connectivity index is 2.01. The molecule has 4 nitrogen and oxygen atoms in total. The Morgan fingerprint density at radius 3 is 2.89 bits per heavy atom. The summed E-state index contributed by atoms with van der Waals surface area (Å²) in [5.74, 6) is 1.47. The van der Waals surface area contributed by atoms with Crippen molar-refractivity contribution < 1.29 is 4.52 Å². The number of hydrogen-bond donors (Lipinski definition) is 1. The summed E-state index contributed by atoms with van der Waals surface area (Å²) in [5.41, 5.74) is 2.47. The molecule has 1 unspecified atom stereocenters. The Labute approximate surface area is 114 Å². The van der Waals surface area contributed by atoms with Crippen LogP contribution in [0.2, 0.25) is 0 Å². The smallest absolute Gasteiger partial charge is 0.228 e. The lowest BCUT2D eigenvalue weighted by Crippen LogP contribution is -2.26. The molecule has 0 aliphatic rings. The van der Waals surface area contributed by atoms with Crippen molar-refractivity contribution in [2.75, 3.05) is 7.05 Å². The highest BCUT2D eigenvalue weighted by molar-refractivity contribution is 5.24. The normalized spacial score (nSPS) is 12.6. The van der Waals surface area contributed by atoms with E-state index in [0.717, 1.165) is 25.1 Å². The van der Waals surface area contributed by atoms with Crippen molar-refractivity contribution in [3.8, 4) is 0 Å². The van der Waals surface area contributed by atoms with Crippen LogP contribution in [0.5, 0.6) is 0 Å². The van der Waals surface area contributed by atoms with Crippen LogP contribution < -0.4 is 5.32 Å². The molecular formula is C15H21N3O. The summed E-state index contributed by atoms with van der Waals surface area (Å²) < 4.78 is 5.30. The molecule has 0 spiro atoms. The third kappa shape index (κ3) is 3.89. The predicted molar refractivity (Wildman–Crippen MR) is 75.1 cm³/mol. The average Bonchev–Trinajstić information content (AvgIpc) is 2.83. The van der Waals surface area contributed by atoms with Crippen molar-refractivity contribution in [2.45, 2.75) is 39.2 Å². The van der Waals surface area contributed by atoms with Crippen molar-refractivity contribution >= 4 is 0 Å². The van der Waals surface area contributed by atoms with Crippen molar-refractivity contribution in [2.24, 2.45) is 0 Å². The fraction of sp³-hybridized carbons (Fsp3) is 0.467. The predicted octanol–water partition coefficient (Wildman–Crippen LogP) is 2.51. The van der Waals surface area contributed by atoms with E-state index in [2.05, 4.69) is 53.6 Å². The number of aromatic nitrogens is 2. The molecule has 2 aromatic rings. The second kappa shape index (κ2) is 6.48. The van der Waals surface area contributed by atoms with Crippen LogP contribution in [0.25, 0.3) is 0 Å². The second-order valence-electron chi connectivity index (χ2n) is 4.87. The lowest BCUT2D eigenvalue weighted by atomic mass is 10.1. The fourth-order valence-electron chi connectivity index (χ4n) is 2.11. The van der Waals surface area contributed by atoms with Gasteiger partial charge in [-0.3, -0.25) is 0 Å². The summed E-state index contributed by atoms with van der Waals surface area (Å²) in [6, 6.07) is 8.78. The lowest BCUT2D eigenvalue weighted by molar-refractivity contribution is 0.355. The van der Waals surface area contributed by atoms with Gasteiger partial charge >= 0.3 is 0 Å². The van der Waals surface area contributed by atoms with Crippen molar-refractivity contribution in [3.63, 3.8) is 0 Å². The van der Waals surface area contributed by atoms with E-state index in [0.29, 0.717) is 11.9 Å². The van der Waals surface area contributed by atoms with E-state index in [1.807, 2.05) is 7.05 Å². The van der Waals surface area contributed by atoms with Gasteiger partial charge in [0.1, 0.15) is 0 Å². The van der Waals surface area contributed by atoms with Gasteiger partial charge < -0.3 is 9.84 Å². The monoisotopic (exact) mass is 259 g/mol. The molecule has 0 fully saturated rings. The van der Waals surface area contributed by atoms with Crippen molar-refractivity contribution in [3.05, 3.63) is 47.1 Å². The van der Waals surface area contributed by atoms with Gasteiger partial charge in [-0.15, -0.1) is 0 Å². The number of rotatable bonds is 6. The van der Waals surface area contributed by atoms with Crippen molar-refractivity contribution in [1.82, 2.24) is 15.5 Å². The summed E-state index contributed by atoms with van der Waals surface area (Å²) in [4.78, 5) is 4.45. The third-order valence-electron chi connectivity index (χ3n) is 3.28. The van der Waals surface area contributed by atoms with Gasteiger partial charge in [0.15, 0.2) is 5.82 Å². The molecule has 19 heavy (non-hydrogen) atoms. The molecule has 1 N–H and O–H groups in total. The minimum atomic E-state index is 0.396. The summed E-state index contributed by atoms with van der Waals surface area (Å²) >= 11 is 0. The van der Waals surface area contributed by atoms with Crippen LogP contribution in [-0.2, 0) is 12.8 Å². The Kier molecular flexibility index (Phi) is 4.68. The minimum absolute atomic E-state index is 0.396. The molecule has 0 bridgehead atoms. The summed E-state index contributed by atoms with van der Waals surface area (Å²) in [7, 11) is 1.96. The Morgan fingerprint density at radius 2 is 2.21 bits per heavy atom. The highest BCUT2D eigenvalue weighted by atomic mass is 16.5. The van der Waals surface area contributed by atoms with Crippen LogP contribution in [0, 0.1) is 6.92 Å². The SMILES string of the molecule is CCC(Cc1nc(Cc2cccc(C)c2)no1)NC. The molecule has 4 heteroatoms. The fourth-order valence-corrected chi connectivity index (χ4v) is 2.11. The molecule has 2 rings (SSSR count). The van der Waals surface area contributed by atoms with Crippen LogP contribution in [0.3, 0.4) is 0 Å². The molecule has 0 aliphatic heterocycles. The molecule has 1 aromatic carbocycles. The Hall–Kier alpha value is -1.68. The van der Waals surface area contributed by atoms with Crippen LogP contribution in [-0.4, -0.2) is 23.2 Å². The van der Waals surface area contributed by atoms with E-state index in [1.165, 1.54) is 11.1 Å². The van der Waals surface area contributed by atoms with Gasteiger partial charge in [-0.1, -0.05) is 41.9 Å². The number of nitrogens with one attached hydrogen (secondary N) is 1. The number of nitrogens with zero attached hydrogens (tertiary/aromatic N) is 2. The molecule has 1 heterocycles. The summed E-state index contributed by atoms with van der Waals surface area (Å²) in [6.45, 7) is 4.23. The van der Waals surface area contributed by atoms with Gasteiger partial charge in [-0.25, -0.2) is 0 Å². The van der Waals surface area contributed by atoms with Gasteiger partial charge in [-0.2, -0.15) is 4.98 Å². The largest absolute Gasteiger partial charge is 0.339 e. The van der Waals surface area contributed by atoms with E-state index in [1.54, 1.807) is 0 Å². The number of benzene rings is 1. The maximum atomic E-state index is 5.30. The molecule has 0 radical (unpaired) electrons. The van der Waals surface area contributed by atoms with E-state index in [-0.39, 0.29) is 0 Å². The van der Waals surface area contributed by atoms with E-state index in [4.69, 9.17) is 4.52 Å². The van der Waals surface area contributed by atoms with Gasteiger partial charge in [0, 0.05) is 18.9 Å². The first-order valence-corrected chi connectivity index (χ1v) is 6.75. The van der Waals surface area contributed by atoms with Gasteiger partial charge in [0.05, 0.1) is 0 Å². The second-order valence-corrected chi connectivity index (χ2v) is 4.87. The van der Waals surface area contributed by atoms with E-state index >= 15 is 0 Å².